The second kappa shape index (κ2) is 5.20. The molecule has 1 aromatic carbocycles. The maximum atomic E-state index is 11.6. The molecule has 0 bridgehead atoms. The van der Waals surface area contributed by atoms with Crippen molar-refractivity contribution in [3.8, 4) is 11.5 Å². The molecule has 0 fully saturated rings. The molecule has 3 aromatic rings. The molecule has 2 aromatic heterocycles. The molecule has 1 N–H and O–H groups in total. The van der Waals surface area contributed by atoms with Crippen LogP contribution in [0.25, 0.3) is 10.9 Å². The smallest absolute Gasteiger partial charge is 0.340 e. The van der Waals surface area contributed by atoms with Gasteiger partial charge in [0.15, 0.2) is 5.75 Å². The third-order valence-corrected chi connectivity index (χ3v) is 3.14. The Labute approximate surface area is 120 Å². The van der Waals surface area contributed by atoms with Gasteiger partial charge in [-0.05, 0) is 19.1 Å². The zero-order chi connectivity index (χ0) is 14.8. The van der Waals surface area contributed by atoms with Gasteiger partial charge in [-0.1, -0.05) is 18.2 Å². The Kier molecular flexibility index (Phi) is 3.23. The van der Waals surface area contributed by atoms with Crippen molar-refractivity contribution in [3.63, 3.8) is 0 Å². The zero-order valence-corrected chi connectivity index (χ0v) is 11.3. The number of carboxylic acids is 1. The molecule has 5 nitrogen and oxygen atoms in total. The maximum Gasteiger partial charge on any atom is 0.340 e. The summed E-state index contributed by atoms with van der Waals surface area (Å²) in [6.07, 6.45) is 4.69. The Bertz CT molecular complexity index is 831. The molecule has 3 rings (SSSR count). The number of aromatic carboxylic acids is 1. The normalized spacial score (nSPS) is 10.5. The van der Waals surface area contributed by atoms with Crippen LogP contribution in [0.2, 0.25) is 0 Å². The Hall–Kier alpha value is -2.95. The van der Waals surface area contributed by atoms with Crippen LogP contribution in [0.3, 0.4) is 0 Å². The molecule has 0 aliphatic carbocycles. The number of benzene rings is 1. The summed E-state index contributed by atoms with van der Waals surface area (Å²) in [5, 5.41) is 10.0. The fourth-order valence-corrected chi connectivity index (χ4v) is 2.11. The van der Waals surface area contributed by atoms with Gasteiger partial charge < -0.3 is 9.84 Å². The van der Waals surface area contributed by atoms with Crippen LogP contribution in [0.15, 0.2) is 48.9 Å². The van der Waals surface area contributed by atoms with Crippen LogP contribution >= 0.6 is 0 Å². The molecule has 2 heterocycles. The summed E-state index contributed by atoms with van der Waals surface area (Å²) in [5.74, 6) is -0.268. The molecule has 21 heavy (non-hydrogen) atoms. The first-order valence-electron chi connectivity index (χ1n) is 6.36. The standard InChI is InChI=1S/C16H12N2O3/c1-10-8-17-7-6-13(10)21-14-9-18-12-5-3-2-4-11(12)15(14)16(19)20/h2-9H,1H3,(H,19,20). The lowest BCUT2D eigenvalue weighted by molar-refractivity contribution is 0.0696. The van der Waals surface area contributed by atoms with Crippen LogP contribution in [0, 0.1) is 6.92 Å². The second-order valence-electron chi connectivity index (χ2n) is 4.56. The van der Waals surface area contributed by atoms with Crippen molar-refractivity contribution in [3.05, 3.63) is 60.0 Å². The topological polar surface area (TPSA) is 72.3 Å². The minimum atomic E-state index is -1.05. The van der Waals surface area contributed by atoms with Crippen LogP contribution in [0.1, 0.15) is 15.9 Å². The lowest BCUT2D eigenvalue weighted by Gasteiger charge is -2.11. The first-order chi connectivity index (χ1) is 10.2. The minimum absolute atomic E-state index is 0.108. The Balaban J connectivity index is 2.17. The van der Waals surface area contributed by atoms with Crippen molar-refractivity contribution in [2.75, 3.05) is 0 Å². The van der Waals surface area contributed by atoms with E-state index in [9.17, 15) is 9.90 Å². The summed E-state index contributed by atoms with van der Waals surface area (Å²) in [6, 6.07) is 8.77. The van der Waals surface area contributed by atoms with E-state index < -0.39 is 5.97 Å². The first kappa shape index (κ1) is 13.1. The van der Waals surface area contributed by atoms with E-state index in [1.54, 1.807) is 36.7 Å². The zero-order valence-electron chi connectivity index (χ0n) is 11.3. The molecule has 0 aliphatic heterocycles. The molecule has 0 unspecified atom stereocenters. The number of ether oxygens (including phenoxy) is 1. The third-order valence-electron chi connectivity index (χ3n) is 3.14. The van der Waals surface area contributed by atoms with Gasteiger partial charge in [0.25, 0.3) is 0 Å². The molecule has 104 valence electrons. The fourth-order valence-electron chi connectivity index (χ4n) is 2.11. The number of pyridine rings is 2. The van der Waals surface area contributed by atoms with Crippen molar-refractivity contribution in [1.29, 1.82) is 0 Å². The van der Waals surface area contributed by atoms with Crippen LogP contribution in [0.4, 0.5) is 0 Å². The van der Waals surface area contributed by atoms with Crippen molar-refractivity contribution in [2.24, 2.45) is 0 Å². The highest BCUT2D eigenvalue weighted by molar-refractivity contribution is 6.04. The highest BCUT2D eigenvalue weighted by atomic mass is 16.5. The number of carbonyl (C=O) groups is 1. The monoisotopic (exact) mass is 280 g/mol. The van der Waals surface area contributed by atoms with Gasteiger partial charge in [0.1, 0.15) is 11.3 Å². The lowest BCUT2D eigenvalue weighted by atomic mass is 10.1. The highest BCUT2D eigenvalue weighted by Crippen LogP contribution is 2.31. The number of carboxylic acid groups (broad SMARTS) is 1. The molecule has 5 heteroatoms. The predicted octanol–water partition coefficient (Wildman–Crippen LogP) is 3.43. The molecule has 0 amide bonds. The molecular formula is C16H12N2O3. The Morgan fingerprint density at radius 3 is 2.71 bits per heavy atom. The molecular weight excluding hydrogens is 268 g/mol. The van der Waals surface area contributed by atoms with Crippen LogP contribution in [-0.4, -0.2) is 21.0 Å². The number of aromatic nitrogens is 2. The van der Waals surface area contributed by atoms with E-state index in [-0.39, 0.29) is 11.3 Å². The van der Waals surface area contributed by atoms with Gasteiger partial charge in [-0.2, -0.15) is 0 Å². The number of rotatable bonds is 3. The van der Waals surface area contributed by atoms with Gasteiger partial charge in [0.2, 0.25) is 0 Å². The van der Waals surface area contributed by atoms with Crippen LogP contribution < -0.4 is 4.74 Å². The fraction of sp³-hybridized carbons (Fsp3) is 0.0625. The quantitative estimate of drug-likeness (QED) is 0.795. The third kappa shape index (κ3) is 2.41. The number of nitrogens with zero attached hydrogens (tertiary/aromatic N) is 2. The number of hydrogen-bond acceptors (Lipinski definition) is 4. The van der Waals surface area contributed by atoms with Crippen molar-refractivity contribution in [1.82, 2.24) is 9.97 Å². The van der Waals surface area contributed by atoms with E-state index in [2.05, 4.69) is 9.97 Å². The minimum Gasteiger partial charge on any atom is -0.478 e. The summed E-state index contributed by atoms with van der Waals surface area (Å²) in [4.78, 5) is 19.8. The Morgan fingerprint density at radius 2 is 1.95 bits per heavy atom. The van der Waals surface area contributed by atoms with Crippen molar-refractivity contribution < 1.29 is 14.6 Å². The van der Waals surface area contributed by atoms with Crippen LogP contribution in [-0.2, 0) is 0 Å². The first-order valence-corrected chi connectivity index (χ1v) is 6.36. The van der Waals surface area contributed by atoms with Crippen molar-refractivity contribution >= 4 is 16.9 Å². The number of para-hydroxylation sites is 1. The van der Waals surface area contributed by atoms with Gasteiger partial charge in [0, 0.05) is 23.3 Å². The van der Waals surface area contributed by atoms with Gasteiger partial charge >= 0.3 is 5.97 Å². The molecule has 0 saturated carbocycles. The molecule has 0 aliphatic rings. The van der Waals surface area contributed by atoms with E-state index in [0.29, 0.717) is 16.7 Å². The summed E-state index contributed by atoms with van der Waals surface area (Å²) < 4.78 is 5.73. The molecule has 0 atom stereocenters. The second-order valence-corrected chi connectivity index (χ2v) is 4.56. The van der Waals surface area contributed by atoms with E-state index in [4.69, 9.17) is 4.74 Å². The van der Waals surface area contributed by atoms with E-state index >= 15 is 0 Å². The van der Waals surface area contributed by atoms with Gasteiger partial charge in [-0.3, -0.25) is 9.97 Å². The maximum absolute atomic E-state index is 11.6. The van der Waals surface area contributed by atoms with Gasteiger partial charge in [-0.15, -0.1) is 0 Å². The lowest BCUT2D eigenvalue weighted by Crippen LogP contribution is -2.03. The SMILES string of the molecule is Cc1cnccc1Oc1cnc2ccccc2c1C(=O)O. The average Bonchev–Trinajstić information content (AvgIpc) is 2.49. The van der Waals surface area contributed by atoms with E-state index in [0.717, 1.165) is 5.56 Å². The molecule has 0 spiro atoms. The predicted molar refractivity (Wildman–Crippen MR) is 77.8 cm³/mol. The largest absolute Gasteiger partial charge is 0.478 e. The number of fused-ring (bicyclic) bond motifs is 1. The van der Waals surface area contributed by atoms with Crippen molar-refractivity contribution in [2.45, 2.75) is 6.92 Å². The number of hydrogen-bond donors (Lipinski definition) is 1. The van der Waals surface area contributed by atoms with E-state index in [1.165, 1.54) is 6.20 Å². The summed E-state index contributed by atoms with van der Waals surface area (Å²) in [7, 11) is 0. The Morgan fingerprint density at radius 1 is 1.14 bits per heavy atom. The molecule has 0 saturated heterocycles. The summed E-state index contributed by atoms with van der Waals surface area (Å²) >= 11 is 0. The van der Waals surface area contributed by atoms with E-state index in [1.807, 2.05) is 13.0 Å². The highest BCUT2D eigenvalue weighted by Gasteiger charge is 2.17. The van der Waals surface area contributed by atoms with Gasteiger partial charge in [-0.25, -0.2) is 4.79 Å². The summed E-state index contributed by atoms with van der Waals surface area (Å²) in [5.41, 5.74) is 1.55. The number of aryl methyl sites for hydroxylation is 1. The average molecular weight is 280 g/mol. The molecule has 0 radical (unpaired) electrons. The van der Waals surface area contributed by atoms with Crippen LogP contribution in [0.5, 0.6) is 11.5 Å². The van der Waals surface area contributed by atoms with Gasteiger partial charge in [0.05, 0.1) is 11.7 Å². The summed E-state index contributed by atoms with van der Waals surface area (Å²) in [6.45, 7) is 1.84.